The third kappa shape index (κ3) is 1.75. The van der Waals surface area contributed by atoms with Gasteiger partial charge in [-0.1, -0.05) is 0 Å². The van der Waals surface area contributed by atoms with Crippen molar-refractivity contribution in [3.63, 3.8) is 0 Å². The molecule has 0 radical (unpaired) electrons. The highest BCUT2D eigenvalue weighted by Crippen LogP contribution is 2.21. The van der Waals surface area contributed by atoms with E-state index in [1.165, 1.54) is 18.5 Å². The van der Waals surface area contributed by atoms with E-state index < -0.39 is 11.6 Å². The number of rotatable bonds is 1. The van der Waals surface area contributed by atoms with E-state index in [2.05, 4.69) is 10.2 Å². The highest BCUT2D eigenvalue weighted by Gasteiger charge is 2.04. The van der Waals surface area contributed by atoms with Gasteiger partial charge in [-0.15, -0.1) is 10.2 Å². The summed E-state index contributed by atoms with van der Waals surface area (Å²) in [6.07, 6.45) is 3.26. The zero-order valence-electron chi connectivity index (χ0n) is 8.64. The van der Waals surface area contributed by atoms with Crippen LogP contribution in [0.25, 0.3) is 16.8 Å². The molecule has 0 saturated heterocycles. The maximum atomic E-state index is 13.1. The summed E-state index contributed by atoms with van der Waals surface area (Å²) in [5.74, 6) is -1.19. The van der Waals surface area contributed by atoms with Crippen LogP contribution in [-0.4, -0.2) is 14.6 Å². The van der Waals surface area contributed by atoms with Crippen LogP contribution in [0.5, 0.6) is 0 Å². The predicted octanol–water partition coefficient (Wildman–Crippen LogP) is 2.67. The standard InChI is InChI=1S/C12H7F2N3/c13-10-3-9(4-11(14)5-10)8-1-2-12-16-15-7-17(12)6-8/h1-7H. The van der Waals surface area contributed by atoms with Crippen molar-refractivity contribution in [3.8, 4) is 11.1 Å². The fraction of sp³-hybridized carbons (Fsp3) is 0. The zero-order chi connectivity index (χ0) is 11.8. The number of aromatic nitrogens is 3. The summed E-state index contributed by atoms with van der Waals surface area (Å²) in [5.41, 5.74) is 1.87. The van der Waals surface area contributed by atoms with Crippen LogP contribution < -0.4 is 0 Å². The number of pyridine rings is 1. The number of halogens is 2. The van der Waals surface area contributed by atoms with Gasteiger partial charge in [-0.2, -0.15) is 0 Å². The molecule has 0 amide bonds. The van der Waals surface area contributed by atoms with Crippen LogP contribution >= 0.6 is 0 Å². The molecule has 2 heterocycles. The molecule has 0 aliphatic carbocycles. The van der Waals surface area contributed by atoms with E-state index in [0.29, 0.717) is 16.8 Å². The van der Waals surface area contributed by atoms with Crippen LogP contribution in [0.4, 0.5) is 8.78 Å². The number of hydrogen-bond donors (Lipinski definition) is 0. The summed E-state index contributed by atoms with van der Waals surface area (Å²) in [4.78, 5) is 0. The first-order chi connectivity index (χ1) is 8.22. The lowest BCUT2D eigenvalue weighted by Gasteiger charge is -2.03. The maximum absolute atomic E-state index is 13.1. The molecule has 17 heavy (non-hydrogen) atoms. The summed E-state index contributed by atoms with van der Waals surface area (Å²) < 4.78 is 27.9. The SMILES string of the molecule is Fc1cc(F)cc(-c2ccc3nncn3c2)c1. The largest absolute Gasteiger partial charge is 0.288 e. The third-order valence-electron chi connectivity index (χ3n) is 2.49. The Morgan fingerprint density at radius 1 is 0.941 bits per heavy atom. The smallest absolute Gasteiger partial charge is 0.160 e. The molecule has 0 fully saturated rings. The van der Waals surface area contributed by atoms with E-state index in [-0.39, 0.29) is 0 Å². The molecule has 0 N–H and O–H groups in total. The molecule has 0 atom stereocenters. The molecule has 0 saturated carbocycles. The first kappa shape index (κ1) is 9.89. The summed E-state index contributed by atoms with van der Waals surface area (Å²) >= 11 is 0. The van der Waals surface area contributed by atoms with Gasteiger partial charge in [0.15, 0.2) is 5.65 Å². The van der Waals surface area contributed by atoms with Crippen LogP contribution in [0.3, 0.4) is 0 Å². The van der Waals surface area contributed by atoms with Crippen LogP contribution in [0.1, 0.15) is 0 Å². The Balaban J connectivity index is 2.19. The molecule has 0 aliphatic heterocycles. The van der Waals surface area contributed by atoms with Crippen LogP contribution in [0.2, 0.25) is 0 Å². The van der Waals surface area contributed by atoms with E-state index in [4.69, 9.17) is 0 Å². The van der Waals surface area contributed by atoms with Crippen LogP contribution in [0.15, 0.2) is 42.9 Å². The van der Waals surface area contributed by atoms with E-state index in [1.54, 1.807) is 22.7 Å². The average Bonchev–Trinajstić information content (AvgIpc) is 2.74. The second-order valence-corrected chi connectivity index (χ2v) is 3.67. The summed E-state index contributed by atoms with van der Waals surface area (Å²) in [6, 6.07) is 6.91. The maximum Gasteiger partial charge on any atom is 0.160 e. The van der Waals surface area contributed by atoms with Gasteiger partial charge in [-0.25, -0.2) is 8.78 Å². The molecule has 0 unspecified atom stereocenters. The fourth-order valence-corrected chi connectivity index (χ4v) is 1.72. The van der Waals surface area contributed by atoms with Gasteiger partial charge in [0, 0.05) is 12.3 Å². The Morgan fingerprint density at radius 2 is 1.71 bits per heavy atom. The van der Waals surface area contributed by atoms with Crippen molar-refractivity contribution in [1.82, 2.24) is 14.6 Å². The van der Waals surface area contributed by atoms with E-state index >= 15 is 0 Å². The Bertz CT molecular complexity index is 671. The molecule has 84 valence electrons. The van der Waals surface area contributed by atoms with Crippen molar-refractivity contribution < 1.29 is 8.78 Å². The Hall–Kier alpha value is -2.30. The van der Waals surface area contributed by atoms with E-state index in [1.807, 2.05) is 0 Å². The van der Waals surface area contributed by atoms with Gasteiger partial charge in [-0.3, -0.25) is 4.40 Å². The molecule has 5 heteroatoms. The topological polar surface area (TPSA) is 30.2 Å². The summed E-state index contributed by atoms with van der Waals surface area (Å²) in [6.45, 7) is 0. The van der Waals surface area contributed by atoms with Crippen molar-refractivity contribution in [1.29, 1.82) is 0 Å². The highest BCUT2D eigenvalue weighted by atomic mass is 19.1. The van der Waals surface area contributed by atoms with Gasteiger partial charge < -0.3 is 0 Å². The number of fused-ring (bicyclic) bond motifs is 1. The van der Waals surface area contributed by atoms with Gasteiger partial charge in [-0.05, 0) is 35.4 Å². The predicted molar refractivity (Wildman–Crippen MR) is 58.3 cm³/mol. The van der Waals surface area contributed by atoms with Crippen molar-refractivity contribution >= 4 is 5.65 Å². The third-order valence-corrected chi connectivity index (χ3v) is 2.49. The molecule has 1 aromatic carbocycles. The molecule has 3 nitrogen and oxygen atoms in total. The second-order valence-electron chi connectivity index (χ2n) is 3.67. The normalized spacial score (nSPS) is 10.9. The van der Waals surface area contributed by atoms with Gasteiger partial charge in [0.05, 0.1) is 0 Å². The lowest BCUT2D eigenvalue weighted by molar-refractivity contribution is 0.584. The lowest BCUT2D eigenvalue weighted by Crippen LogP contribution is -1.88. The number of nitrogens with zero attached hydrogens (tertiary/aromatic N) is 3. The van der Waals surface area contributed by atoms with Crippen molar-refractivity contribution in [2.45, 2.75) is 0 Å². The summed E-state index contributed by atoms with van der Waals surface area (Å²) in [7, 11) is 0. The van der Waals surface area contributed by atoms with Crippen LogP contribution in [0, 0.1) is 11.6 Å². The fourth-order valence-electron chi connectivity index (χ4n) is 1.72. The quantitative estimate of drug-likeness (QED) is 0.644. The molecule has 0 bridgehead atoms. The first-order valence-corrected chi connectivity index (χ1v) is 4.98. The average molecular weight is 231 g/mol. The minimum atomic E-state index is -0.594. The van der Waals surface area contributed by atoms with Crippen molar-refractivity contribution in [2.75, 3.05) is 0 Å². The zero-order valence-corrected chi connectivity index (χ0v) is 8.64. The first-order valence-electron chi connectivity index (χ1n) is 4.98. The minimum Gasteiger partial charge on any atom is -0.288 e. The summed E-state index contributed by atoms with van der Waals surface area (Å²) in [5, 5.41) is 7.59. The molecule has 0 aliphatic rings. The Morgan fingerprint density at radius 3 is 2.47 bits per heavy atom. The molecule has 3 aromatic rings. The monoisotopic (exact) mass is 231 g/mol. The molecule has 2 aromatic heterocycles. The van der Waals surface area contributed by atoms with Crippen molar-refractivity contribution in [3.05, 3.63) is 54.5 Å². The van der Waals surface area contributed by atoms with Crippen molar-refractivity contribution in [2.24, 2.45) is 0 Å². The van der Waals surface area contributed by atoms with Gasteiger partial charge in [0.1, 0.15) is 18.0 Å². The lowest BCUT2D eigenvalue weighted by atomic mass is 10.1. The van der Waals surface area contributed by atoms with Gasteiger partial charge in [0.2, 0.25) is 0 Å². The number of hydrogen-bond acceptors (Lipinski definition) is 2. The minimum absolute atomic E-state index is 0.484. The Labute approximate surface area is 95.3 Å². The Kier molecular flexibility index (Phi) is 2.11. The number of benzene rings is 1. The van der Waals surface area contributed by atoms with Crippen LogP contribution in [-0.2, 0) is 0 Å². The van der Waals surface area contributed by atoms with E-state index in [9.17, 15) is 8.78 Å². The molecular weight excluding hydrogens is 224 g/mol. The molecule has 0 spiro atoms. The van der Waals surface area contributed by atoms with E-state index in [0.717, 1.165) is 6.07 Å². The van der Waals surface area contributed by atoms with Gasteiger partial charge >= 0.3 is 0 Å². The van der Waals surface area contributed by atoms with Gasteiger partial charge in [0.25, 0.3) is 0 Å². The second kappa shape index (κ2) is 3.62. The molecular formula is C12H7F2N3. The molecule has 3 rings (SSSR count). The highest BCUT2D eigenvalue weighted by molar-refractivity contribution is 5.64.